The molecule has 2 heterocycles. The highest BCUT2D eigenvalue weighted by Crippen LogP contribution is 2.44. The van der Waals surface area contributed by atoms with Gasteiger partial charge in [-0.3, -0.25) is 9.97 Å². The van der Waals surface area contributed by atoms with Crippen LogP contribution < -0.4 is 0 Å². The van der Waals surface area contributed by atoms with E-state index >= 15 is 0 Å². The van der Waals surface area contributed by atoms with Gasteiger partial charge in [-0.25, -0.2) is 0 Å². The van der Waals surface area contributed by atoms with Gasteiger partial charge in [-0.2, -0.15) is 0 Å². The monoisotopic (exact) mass is 548 g/mol. The zero-order chi connectivity index (χ0) is 28.8. The molecular formula is C41H28N2. The number of pyridine rings is 2. The molecule has 2 nitrogen and oxygen atoms in total. The molecule has 0 fully saturated rings. The second-order valence-electron chi connectivity index (χ2n) is 11.1. The predicted molar refractivity (Wildman–Crippen MR) is 181 cm³/mol. The number of hydrogen-bond acceptors (Lipinski definition) is 2. The van der Waals surface area contributed by atoms with Crippen LogP contribution in [0.4, 0.5) is 0 Å². The number of aryl methyl sites for hydroxylation is 1. The fourth-order valence-corrected chi connectivity index (χ4v) is 6.33. The van der Waals surface area contributed by atoms with Crippen molar-refractivity contribution in [3.8, 4) is 44.8 Å². The SMILES string of the molecule is Cc1cccc(-c2ccc(-c3ccc(-c4c5ccccc5c(-c5ccc6ccccc6c5)c5ccccc45)cc3)cn2)n1. The summed E-state index contributed by atoms with van der Waals surface area (Å²) in [6.07, 6.45) is 1.94. The van der Waals surface area contributed by atoms with Crippen LogP contribution in [0.3, 0.4) is 0 Å². The molecule has 0 amide bonds. The molecule has 0 atom stereocenters. The van der Waals surface area contributed by atoms with Crippen LogP contribution >= 0.6 is 0 Å². The zero-order valence-corrected chi connectivity index (χ0v) is 23.8. The molecule has 8 aromatic rings. The third kappa shape index (κ3) is 4.45. The first-order chi connectivity index (χ1) is 21.2. The molecule has 0 bridgehead atoms. The Morgan fingerprint density at radius 3 is 1.58 bits per heavy atom. The first-order valence-corrected chi connectivity index (χ1v) is 14.7. The van der Waals surface area contributed by atoms with Crippen molar-refractivity contribution in [2.24, 2.45) is 0 Å². The van der Waals surface area contributed by atoms with E-state index in [-0.39, 0.29) is 0 Å². The smallest absolute Gasteiger partial charge is 0.0889 e. The van der Waals surface area contributed by atoms with Gasteiger partial charge in [-0.05, 0) is 91.3 Å². The lowest BCUT2D eigenvalue weighted by atomic mass is 9.85. The molecule has 2 aromatic heterocycles. The highest BCUT2D eigenvalue weighted by atomic mass is 14.8. The van der Waals surface area contributed by atoms with Crippen molar-refractivity contribution in [3.05, 3.63) is 157 Å². The van der Waals surface area contributed by atoms with Gasteiger partial charge in [0.1, 0.15) is 0 Å². The molecule has 0 aliphatic carbocycles. The van der Waals surface area contributed by atoms with Crippen molar-refractivity contribution in [3.63, 3.8) is 0 Å². The molecule has 202 valence electrons. The maximum Gasteiger partial charge on any atom is 0.0889 e. The van der Waals surface area contributed by atoms with Gasteiger partial charge >= 0.3 is 0 Å². The van der Waals surface area contributed by atoms with Crippen LogP contribution in [0, 0.1) is 6.92 Å². The maximum absolute atomic E-state index is 4.72. The number of benzene rings is 6. The largest absolute Gasteiger partial charge is 0.254 e. The van der Waals surface area contributed by atoms with Crippen LogP contribution in [0.15, 0.2) is 152 Å². The van der Waals surface area contributed by atoms with Gasteiger partial charge in [0.25, 0.3) is 0 Å². The van der Waals surface area contributed by atoms with Crippen molar-refractivity contribution >= 4 is 32.3 Å². The first-order valence-electron chi connectivity index (χ1n) is 14.7. The zero-order valence-electron chi connectivity index (χ0n) is 23.8. The second kappa shape index (κ2) is 10.3. The topological polar surface area (TPSA) is 25.8 Å². The molecule has 0 radical (unpaired) electrons. The highest BCUT2D eigenvalue weighted by molar-refractivity contribution is 6.21. The highest BCUT2D eigenvalue weighted by Gasteiger charge is 2.17. The van der Waals surface area contributed by atoms with E-state index in [0.717, 1.165) is 28.2 Å². The summed E-state index contributed by atoms with van der Waals surface area (Å²) in [7, 11) is 0. The van der Waals surface area contributed by atoms with Crippen LogP contribution in [-0.2, 0) is 0 Å². The summed E-state index contributed by atoms with van der Waals surface area (Å²) in [5, 5.41) is 7.56. The minimum absolute atomic E-state index is 0.883. The number of rotatable bonds is 4. The molecule has 0 N–H and O–H groups in total. The van der Waals surface area contributed by atoms with Gasteiger partial charge in [0.2, 0.25) is 0 Å². The Hall–Kier alpha value is -5.60. The van der Waals surface area contributed by atoms with Crippen molar-refractivity contribution in [2.45, 2.75) is 6.92 Å². The van der Waals surface area contributed by atoms with Crippen LogP contribution in [0.1, 0.15) is 5.69 Å². The molecule has 43 heavy (non-hydrogen) atoms. The van der Waals surface area contributed by atoms with Gasteiger partial charge in [0.15, 0.2) is 0 Å². The Morgan fingerprint density at radius 2 is 0.953 bits per heavy atom. The number of nitrogens with zero attached hydrogens (tertiary/aromatic N) is 2. The lowest BCUT2D eigenvalue weighted by Crippen LogP contribution is -1.91. The Labute approximate surface area is 251 Å². The Kier molecular flexibility index (Phi) is 6.05. The maximum atomic E-state index is 4.72. The molecular weight excluding hydrogens is 520 g/mol. The number of hydrogen-bond donors (Lipinski definition) is 0. The van der Waals surface area contributed by atoms with Crippen LogP contribution in [0.2, 0.25) is 0 Å². The molecule has 0 saturated heterocycles. The normalized spacial score (nSPS) is 11.4. The summed E-state index contributed by atoms with van der Waals surface area (Å²) in [5.41, 5.74) is 9.99. The van der Waals surface area contributed by atoms with E-state index in [1.807, 2.05) is 31.3 Å². The van der Waals surface area contributed by atoms with Crippen molar-refractivity contribution in [1.82, 2.24) is 9.97 Å². The van der Waals surface area contributed by atoms with E-state index in [1.165, 1.54) is 54.6 Å². The van der Waals surface area contributed by atoms with E-state index in [4.69, 9.17) is 4.98 Å². The van der Waals surface area contributed by atoms with E-state index in [2.05, 4.69) is 132 Å². The minimum atomic E-state index is 0.883. The molecule has 0 unspecified atom stereocenters. The average molecular weight is 549 g/mol. The molecule has 0 aliphatic heterocycles. The third-order valence-electron chi connectivity index (χ3n) is 8.39. The molecule has 0 aliphatic rings. The summed E-state index contributed by atoms with van der Waals surface area (Å²) >= 11 is 0. The van der Waals surface area contributed by atoms with Crippen LogP contribution in [0.25, 0.3) is 77.1 Å². The fraction of sp³-hybridized carbons (Fsp3) is 0.0244. The molecule has 6 aromatic carbocycles. The molecule has 2 heteroatoms. The first kappa shape index (κ1) is 25.1. The summed E-state index contributed by atoms with van der Waals surface area (Å²) < 4.78 is 0. The Bertz CT molecular complexity index is 2220. The standard InChI is InChI=1S/C41H28N2/c1-27-9-8-16-39(43-27)38-24-23-33(26-42-38)29-17-20-30(21-18-29)40-34-12-4-6-14-36(34)41(37-15-7-5-13-35(37)40)32-22-19-28-10-2-3-11-31(28)25-32/h2-26H,1H3. The Morgan fingerprint density at radius 1 is 0.395 bits per heavy atom. The lowest BCUT2D eigenvalue weighted by molar-refractivity contribution is 1.18. The van der Waals surface area contributed by atoms with Crippen molar-refractivity contribution in [2.75, 3.05) is 0 Å². The average Bonchev–Trinajstić information content (AvgIpc) is 3.07. The quantitative estimate of drug-likeness (QED) is 0.204. The third-order valence-corrected chi connectivity index (χ3v) is 8.39. The van der Waals surface area contributed by atoms with E-state index in [0.29, 0.717) is 0 Å². The van der Waals surface area contributed by atoms with Gasteiger partial charge < -0.3 is 0 Å². The summed E-state index contributed by atoms with van der Waals surface area (Å²) in [4.78, 5) is 9.34. The van der Waals surface area contributed by atoms with Gasteiger partial charge in [-0.15, -0.1) is 0 Å². The predicted octanol–water partition coefficient (Wildman–Crippen LogP) is 10.9. The van der Waals surface area contributed by atoms with E-state index < -0.39 is 0 Å². The number of fused-ring (bicyclic) bond motifs is 3. The van der Waals surface area contributed by atoms with Crippen molar-refractivity contribution in [1.29, 1.82) is 0 Å². The minimum Gasteiger partial charge on any atom is -0.254 e. The molecule has 0 saturated carbocycles. The summed E-state index contributed by atoms with van der Waals surface area (Å²) in [6, 6.07) is 52.2. The van der Waals surface area contributed by atoms with Crippen LogP contribution in [0.5, 0.6) is 0 Å². The second-order valence-corrected chi connectivity index (χ2v) is 11.1. The Balaban J connectivity index is 1.25. The number of aromatic nitrogens is 2. The van der Waals surface area contributed by atoms with Crippen molar-refractivity contribution < 1.29 is 0 Å². The fourth-order valence-electron chi connectivity index (χ4n) is 6.33. The lowest BCUT2D eigenvalue weighted by Gasteiger charge is -2.18. The molecule has 8 rings (SSSR count). The summed E-state index contributed by atoms with van der Waals surface area (Å²) in [5.74, 6) is 0. The van der Waals surface area contributed by atoms with E-state index in [9.17, 15) is 0 Å². The van der Waals surface area contributed by atoms with Crippen LogP contribution in [-0.4, -0.2) is 9.97 Å². The summed E-state index contributed by atoms with van der Waals surface area (Å²) in [6.45, 7) is 2.00. The molecule has 0 spiro atoms. The van der Waals surface area contributed by atoms with Gasteiger partial charge in [-0.1, -0.05) is 121 Å². The van der Waals surface area contributed by atoms with E-state index in [1.54, 1.807) is 0 Å². The van der Waals surface area contributed by atoms with Gasteiger partial charge in [0, 0.05) is 17.5 Å². The van der Waals surface area contributed by atoms with Gasteiger partial charge in [0.05, 0.1) is 11.4 Å².